The van der Waals surface area contributed by atoms with E-state index in [0.717, 1.165) is 26.2 Å². The van der Waals surface area contributed by atoms with Gasteiger partial charge in [0.2, 0.25) is 5.91 Å². The van der Waals surface area contributed by atoms with Crippen molar-refractivity contribution in [2.45, 2.75) is 37.9 Å². The summed E-state index contributed by atoms with van der Waals surface area (Å²) >= 11 is 2.02. The molecule has 2 heterocycles. The molecular formula is C15H26N2OS. The molecule has 2 aliphatic rings. The van der Waals surface area contributed by atoms with Crippen molar-refractivity contribution in [3.05, 3.63) is 12.2 Å². The van der Waals surface area contributed by atoms with Crippen molar-refractivity contribution in [1.29, 1.82) is 0 Å². The Labute approximate surface area is 121 Å². The number of carbonyl (C=O) groups is 1. The molecule has 108 valence electrons. The zero-order valence-corrected chi connectivity index (χ0v) is 12.8. The van der Waals surface area contributed by atoms with E-state index in [0.29, 0.717) is 11.2 Å². The van der Waals surface area contributed by atoms with Crippen LogP contribution < -0.4 is 5.32 Å². The maximum absolute atomic E-state index is 12.2. The van der Waals surface area contributed by atoms with E-state index in [2.05, 4.69) is 18.3 Å². The summed E-state index contributed by atoms with van der Waals surface area (Å²) in [4.78, 5) is 14.2. The van der Waals surface area contributed by atoms with Crippen molar-refractivity contribution in [2.75, 3.05) is 31.9 Å². The van der Waals surface area contributed by atoms with Gasteiger partial charge in [-0.3, -0.25) is 4.79 Å². The molecule has 4 heteroatoms. The first kappa shape index (κ1) is 14.9. The molecule has 2 unspecified atom stereocenters. The maximum atomic E-state index is 12.2. The SMILES string of the molecule is CCN(CC1CCCS1)C(=O)/C=C/C1CCCNC1. The van der Waals surface area contributed by atoms with Gasteiger partial charge in [0.15, 0.2) is 0 Å². The number of piperidine rings is 1. The second-order valence-corrected chi connectivity index (χ2v) is 6.89. The molecule has 1 amide bonds. The van der Waals surface area contributed by atoms with Gasteiger partial charge in [0, 0.05) is 24.9 Å². The van der Waals surface area contributed by atoms with E-state index >= 15 is 0 Å². The van der Waals surface area contributed by atoms with E-state index in [1.54, 1.807) is 6.08 Å². The molecule has 0 saturated carbocycles. The summed E-state index contributed by atoms with van der Waals surface area (Å²) < 4.78 is 0. The lowest BCUT2D eigenvalue weighted by Crippen LogP contribution is -2.35. The van der Waals surface area contributed by atoms with E-state index in [-0.39, 0.29) is 5.91 Å². The van der Waals surface area contributed by atoms with Gasteiger partial charge in [0.1, 0.15) is 0 Å². The van der Waals surface area contributed by atoms with E-state index < -0.39 is 0 Å². The Hall–Kier alpha value is -0.480. The Morgan fingerprint density at radius 1 is 1.42 bits per heavy atom. The minimum atomic E-state index is 0.195. The molecule has 0 aliphatic carbocycles. The van der Waals surface area contributed by atoms with Gasteiger partial charge >= 0.3 is 0 Å². The van der Waals surface area contributed by atoms with Crippen LogP contribution in [-0.2, 0) is 4.79 Å². The molecule has 2 saturated heterocycles. The highest BCUT2D eigenvalue weighted by Gasteiger charge is 2.20. The predicted octanol–water partition coefficient (Wildman–Crippen LogP) is 2.29. The highest BCUT2D eigenvalue weighted by Crippen LogP contribution is 2.26. The van der Waals surface area contributed by atoms with E-state index in [1.165, 1.54) is 31.4 Å². The summed E-state index contributed by atoms with van der Waals surface area (Å²) in [6, 6.07) is 0. The van der Waals surface area contributed by atoms with Gasteiger partial charge < -0.3 is 10.2 Å². The molecule has 2 aliphatic heterocycles. The number of nitrogens with zero attached hydrogens (tertiary/aromatic N) is 1. The van der Waals surface area contributed by atoms with Crippen molar-refractivity contribution >= 4 is 17.7 Å². The van der Waals surface area contributed by atoms with Crippen molar-refractivity contribution in [1.82, 2.24) is 10.2 Å². The molecule has 2 fully saturated rings. The van der Waals surface area contributed by atoms with Crippen LogP contribution >= 0.6 is 11.8 Å². The summed E-state index contributed by atoms with van der Waals surface area (Å²) in [5.74, 6) is 2.00. The van der Waals surface area contributed by atoms with Gasteiger partial charge in [0.25, 0.3) is 0 Å². The average Bonchev–Trinajstić information content (AvgIpc) is 2.96. The second kappa shape index (κ2) is 7.95. The summed E-state index contributed by atoms with van der Waals surface area (Å²) in [5.41, 5.74) is 0. The molecule has 0 aromatic rings. The Bertz CT molecular complexity index is 307. The Morgan fingerprint density at radius 2 is 2.32 bits per heavy atom. The van der Waals surface area contributed by atoms with Crippen LogP contribution in [0.5, 0.6) is 0 Å². The first-order valence-corrected chi connectivity index (χ1v) is 8.64. The lowest BCUT2D eigenvalue weighted by molar-refractivity contribution is -0.125. The topological polar surface area (TPSA) is 32.3 Å². The standard InChI is InChI=1S/C15H26N2OS/c1-2-17(12-14-6-4-10-19-14)15(18)8-7-13-5-3-9-16-11-13/h7-8,13-14,16H,2-6,9-12H2,1H3/b8-7+. The molecule has 19 heavy (non-hydrogen) atoms. The molecule has 2 rings (SSSR count). The third kappa shape index (κ3) is 4.84. The van der Waals surface area contributed by atoms with Gasteiger partial charge in [-0.2, -0.15) is 11.8 Å². The third-order valence-electron chi connectivity index (χ3n) is 3.99. The Kier molecular flexibility index (Phi) is 6.24. The lowest BCUT2D eigenvalue weighted by Gasteiger charge is -2.23. The van der Waals surface area contributed by atoms with Crippen molar-refractivity contribution in [3.8, 4) is 0 Å². The van der Waals surface area contributed by atoms with Gasteiger partial charge in [-0.25, -0.2) is 0 Å². The highest BCUT2D eigenvalue weighted by molar-refractivity contribution is 8.00. The number of rotatable bonds is 5. The van der Waals surface area contributed by atoms with Gasteiger partial charge in [-0.05, 0) is 56.9 Å². The van der Waals surface area contributed by atoms with E-state index in [1.807, 2.05) is 16.7 Å². The number of thioether (sulfide) groups is 1. The van der Waals surface area contributed by atoms with Gasteiger partial charge in [-0.15, -0.1) is 0 Å². The minimum absolute atomic E-state index is 0.195. The molecule has 0 bridgehead atoms. The normalized spacial score (nSPS) is 27.8. The van der Waals surface area contributed by atoms with Crippen molar-refractivity contribution < 1.29 is 4.79 Å². The number of amides is 1. The molecule has 0 aromatic heterocycles. The molecule has 2 atom stereocenters. The van der Waals surface area contributed by atoms with E-state index in [4.69, 9.17) is 0 Å². The molecule has 1 N–H and O–H groups in total. The van der Waals surface area contributed by atoms with Crippen LogP contribution in [0.4, 0.5) is 0 Å². The van der Waals surface area contributed by atoms with Crippen LogP contribution in [0.1, 0.15) is 32.6 Å². The first-order chi connectivity index (χ1) is 9.29. The van der Waals surface area contributed by atoms with Crippen LogP contribution in [0.3, 0.4) is 0 Å². The Morgan fingerprint density at radius 3 is 2.95 bits per heavy atom. The number of carbonyl (C=O) groups excluding carboxylic acids is 1. The lowest BCUT2D eigenvalue weighted by atomic mass is 9.99. The zero-order chi connectivity index (χ0) is 13.5. The highest BCUT2D eigenvalue weighted by atomic mass is 32.2. The van der Waals surface area contributed by atoms with Crippen molar-refractivity contribution in [3.63, 3.8) is 0 Å². The van der Waals surface area contributed by atoms with Crippen molar-refractivity contribution in [2.24, 2.45) is 5.92 Å². The summed E-state index contributed by atoms with van der Waals surface area (Å²) in [7, 11) is 0. The first-order valence-electron chi connectivity index (χ1n) is 7.59. The largest absolute Gasteiger partial charge is 0.338 e. The molecule has 3 nitrogen and oxygen atoms in total. The quantitative estimate of drug-likeness (QED) is 0.785. The second-order valence-electron chi connectivity index (χ2n) is 5.48. The third-order valence-corrected chi connectivity index (χ3v) is 5.37. The van der Waals surface area contributed by atoms with Crippen LogP contribution in [0.25, 0.3) is 0 Å². The summed E-state index contributed by atoms with van der Waals surface area (Å²) in [5, 5.41) is 4.04. The maximum Gasteiger partial charge on any atom is 0.246 e. The molecule has 0 radical (unpaired) electrons. The Balaban J connectivity index is 1.79. The summed E-state index contributed by atoms with van der Waals surface area (Å²) in [6.45, 7) is 5.97. The van der Waals surface area contributed by atoms with Crippen LogP contribution in [-0.4, -0.2) is 48.0 Å². The fourth-order valence-corrected chi connectivity index (χ4v) is 4.06. The van der Waals surface area contributed by atoms with Crippen LogP contribution in [0.2, 0.25) is 0 Å². The number of likely N-dealkylation sites (N-methyl/N-ethyl adjacent to an activating group) is 1. The molecule has 0 aromatic carbocycles. The van der Waals surface area contributed by atoms with Crippen LogP contribution in [0.15, 0.2) is 12.2 Å². The molecular weight excluding hydrogens is 256 g/mol. The number of hydrogen-bond donors (Lipinski definition) is 1. The number of nitrogens with one attached hydrogen (secondary N) is 1. The van der Waals surface area contributed by atoms with Gasteiger partial charge in [0.05, 0.1) is 0 Å². The number of hydrogen-bond acceptors (Lipinski definition) is 3. The van der Waals surface area contributed by atoms with Gasteiger partial charge in [-0.1, -0.05) is 6.08 Å². The summed E-state index contributed by atoms with van der Waals surface area (Å²) in [6.07, 6.45) is 8.93. The fraction of sp³-hybridized carbons (Fsp3) is 0.800. The minimum Gasteiger partial charge on any atom is -0.338 e. The fourth-order valence-electron chi connectivity index (χ4n) is 2.78. The van der Waals surface area contributed by atoms with Crippen LogP contribution in [0, 0.1) is 5.92 Å². The smallest absolute Gasteiger partial charge is 0.246 e. The zero-order valence-electron chi connectivity index (χ0n) is 11.9. The monoisotopic (exact) mass is 282 g/mol. The molecule has 0 spiro atoms. The predicted molar refractivity (Wildman–Crippen MR) is 82.5 cm³/mol. The van der Waals surface area contributed by atoms with E-state index in [9.17, 15) is 4.79 Å². The average molecular weight is 282 g/mol.